The summed E-state index contributed by atoms with van der Waals surface area (Å²) >= 11 is 0. The van der Waals surface area contributed by atoms with Crippen LogP contribution in [-0.2, 0) is 32.1 Å². The fourth-order valence-corrected chi connectivity index (χ4v) is 5.45. The second-order valence-electron chi connectivity index (χ2n) is 9.08. The average molecular weight is 417 g/mol. The van der Waals surface area contributed by atoms with Crippen LogP contribution in [0.2, 0.25) is 0 Å². The number of ether oxygens (including phenoxy) is 1. The molecule has 30 heavy (non-hydrogen) atoms. The van der Waals surface area contributed by atoms with Gasteiger partial charge < -0.3 is 4.74 Å². The van der Waals surface area contributed by atoms with E-state index in [0.717, 1.165) is 30.7 Å². The lowest BCUT2D eigenvalue weighted by Crippen LogP contribution is -2.21. The first kappa shape index (κ1) is 21.3. The molecule has 2 aromatic carbocycles. The highest BCUT2D eigenvalue weighted by Crippen LogP contribution is 2.37. The highest BCUT2D eigenvalue weighted by Gasteiger charge is 2.31. The van der Waals surface area contributed by atoms with Gasteiger partial charge in [-0.2, -0.15) is 0 Å². The van der Waals surface area contributed by atoms with Crippen LogP contribution >= 0.6 is 0 Å². The molecule has 0 heterocycles. The zero-order valence-electron chi connectivity index (χ0n) is 17.7. The Bertz CT molecular complexity index is 854. The Morgan fingerprint density at radius 3 is 1.93 bits per heavy atom. The summed E-state index contributed by atoms with van der Waals surface area (Å²) in [5.41, 5.74) is 7.49. The lowest BCUT2D eigenvalue weighted by molar-refractivity contribution is -0.274. The molecule has 0 N–H and O–H groups in total. The van der Waals surface area contributed by atoms with Gasteiger partial charge in [-0.15, -0.1) is 13.2 Å². The van der Waals surface area contributed by atoms with Crippen LogP contribution in [0, 0.1) is 11.8 Å². The summed E-state index contributed by atoms with van der Waals surface area (Å²) in [6.45, 7) is 2.28. The Labute approximate surface area is 177 Å². The minimum Gasteiger partial charge on any atom is -0.406 e. The third-order valence-electron chi connectivity index (χ3n) is 6.94. The molecule has 0 radical (unpaired) electrons. The molecule has 0 amide bonds. The predicted molar refractivity (Wildman–Crippen MR) is 114 cm³/mol. The maximum atomic E-state index is 12.3. The van der Waals surface area contributed by atoms with Gasteiger partial charge in [0.1, 0.15) is 5.75 Å². The first-order chi connectivity index (χ1) is 14.4. The molecule has 2 aliphatic carbocycles. The Morgan fingerprint density at radius 1 is 0.833 bits per heavy atom. The molecular weight excluding hydrogens is 385 g/mol. The van der Waals surface area contributed by atoms with Crippen molar-refractivity contribution >= 4 is 0 Å². The smallest absolute Gasteiger partial charge is 0.406 e. The molecule has 0 aliphatic heterocycles. The van der Waals surface area contributed by atoms with Crippen LogP contribution in [-0.4, -0.2) is 6.36 Å². The van der Waals surface area contributed by atoms with Gasteiger partial charge in [0.2, 0.25) is 0 Å². The second kappa shape index (κ2) is 9.03. The summed E-state index contributed by atoms with van der Waals surface area (Å²) in [5, 5.41) is 0. The molecule has 0 aromatic heterocycles. The normalized spacial score (nSPS) is 21.1. The van der Waals surface area contributed by atoms with Crippen molar-refractivity contribution in [3.05, 3.63) is 64.2 Å². The van der Waals surface area contributed by atoms with Crippen molar-refractivity contribution in [1.82, 2.24) is 0 Å². The zero-order chi connectivity index (χ0) is 21.1. The lowest BCUT2D eigenvalue weighted by atomic mass is 9.73. The fourth-order valence-electron chi connectivity index (χ4n) is 5.45. The summed E-state index contributed by atoms with van der Waals surface area (Å²) in [6.07, 6.45) is 7.36. The van der Waals surface area contributed by atoms with Crippen LogP contribution in [0.15, 0.2) is 36.4 Å². The molecule has 2 aromatic rings. The summed E-state index contributed by atoms with van der Waals surface area (Å²) in [5.74, 6) is 1.37. The maximum absolute atomic E-state index is 12.3. The molecule has 162 valence electrons. The Balaban J connectivity index is 1.34. The molecule has 4 heteroatoms. The van der Waals surface area contributed by atoms with Gasteiger partial charge in [0.05, 0.1) is 0 Å². The molecule has 0 fully saturated rings. The van der Waals surface area contributed by atoms with Gasteiger partial charge in [-0.3, -0.25) is 0 Å². The highest BCUT2D eigenvalue weighted by molar-refractivity contribution is 5.44. The molecule has 0 saturated carbocycles. The quantitative estimate of drug-likeness (QED) is 0.483. The Kier molecular flexibility index (Phi) is 6.40. The number of rotatable bonds is 6. The van der Waals surface area contributed by atoms with E-state index in [4.69, 9.17) is 0 Å². The van der Waals surface area contributed by atoms with E-state index in [0.29, 0.717) is 5.92 Å². The number of aryl methyl sites for hydroxylation is 1. The Morgan fingerprint density at radius 2 is 1.40 bits per heavy atom. The van der Waals surface area contributed by atoms with Crippen molar-refractivity contribution in [3.63, 3.8) is 0 Å². The SMILES string of the molecule is CCCC1CCc2c(ccc3c2CCC(CCc2ccc(OC(F)(F)F)cc2)C3)C1. The largest absolute Gasteiger partial charge is 0.573 e. The van der Waals surface area contributed by atoms with Gasteiger partial charge in [0.25, 0.3) is 0 Å². The zero-order valence-corrected chi connectivity index (χ0v) is 17.7. The standard InChI is InChI=1S/C26H31F3O/c1-2-3-19-8-14-24-21(16-19)10-11-22-17-20(9-15-25(22)24)5-4-18-6-12-23(13-7-18)30-26(27,28)29/h6-7,10-13,19-20H,2-5,8-9,14-17H2,1H3. The molecule has 2 unspecified atom stereocenters. The van der Waals surface area contributed by atoms with E-state index in [1.807, 2.05) is 0 Å². The topological polar surface area (TPSA) is 9.23 Å². The van der Waals surface area contributed by atoms with Crippen LogP contribution in [0.1, 0.15) is 66.8 Å². The van der Waals surface area contributed by atoms with Crippen LogP contribution in [0.5, 0.6) is 5.75 Å². The van der Waals surface area contributed by atoms with E-state index in [2.05, 4.69) is 23.8 Å². The predicted octanol–water partition coefficient (Wildman–Crippen LogP) is 7.23. The monoisotopic (exact) mass is 416 g/mol. The first-order valence-corrected chi connectivity index (χ1v) is 11.4. The van der Waals surface area contributed by atoms with Crippen LogP contribution in [0.4, 0.5) is 13.2 Å². The summed E-state index contributed by atoms with van der Waals surface area (Å²) in [4.78, 5) is 0. The van der Waals surface area contributed by atoms with Crippen molar-refractivity contribution in [3.8, 4) is 5.75 Å². The number of benzene rings is 2. The second-order valence-corrected chi connectivity index (χ2v) is 9.08. The molecule has 1 nitrogen and oxygen atoms in total. The van der Waals surface area contributed by atoms with E-state index in [1.54, 1.807) is 28.8 Å². The van der Waals surface area contributed by atoms with Gasteiger partial charge in [0.15, 0.2) is 0 Å². The number of hydrogen-bond donors (Lipinski definition) is 0. The van der Waals surface area contributed by atoms with E-state index >= 15 is 0 Å². The molecule has 2 atom stereocenters. The van der Waals surface area contributed by atoms with Crippen molar-refractivity contribution in [2.45, 2.75) is 77.5 Å². The molecule has 0 bridgehead atoms. The lowest BCUT2D eigenvalue weighted by Gasteiger charge is -2.32. The minimum absolute atomic E-state index is 0.149. The van der Waals surface area contributed by atoms with Gasteiger partial charge in [-0.05, 0) is 103 Å². The van der Waals surface area contributed by atoms with Crippen LogP contribution in [0.25, 0.3) is 0 Å². The number of fused-ring (bicyclic) bond motifs is 3. The Hall–Kier alpha value is -1.97. The van der Waals surface area contributed by atoms with Crippen LogP contribution in [0.3, 0.4) is 0 Å². The molecular formula is C26H31F3O. The summed E-state index contributed by atoms with van der Waals surface area (Å²) in [6, 6.07) is 11.1. The number of halogens is 3. The first-order valence-electron chi connectivity index (χ1n) is 11.4. The highest BCUT2D eigenvalue weighted by atomic mass is 19.4. The molecule has 0 saturated heterocycles. The molecule has 2 aliphatic rings. The van der Waals surface area contributed by atoms with Crippen molar-refractivity contribution < 1.29 is 17.9 Å². The summed E-state index contributed by atoms with van der Waals surface area (Å²) in [7, 11) is 0. The van der Waals surface area contributed by atoms with Crippen molar-refractivity contribution in [1.29, 1.82) is 0 Å². The van der Waals surface area contributed by atoms with Crippen molar-refractivity contribution in [2.24, 2.45) is 11.8 Å². The van der Waals surface area contributed by atoms with E-state index in [-0.39, 0.29) is 5.75 Å². The van der Waals surface area contributed by atoms with Gasteiger partial charge in [-0.25, -0.2) is 0 Å². The molecule has 0 spiro atoms. The van der Waals surface area contributed by atoms with E-state index in [9.17, 15) is 13.2 Å². The van der Waals surface area contributed by atoms with Crippen molar-refractivity contribution in [2.75, 3.05) is 0 Å². The third-order valence-corrected chi connectivity index (χ3v) is 6.94. The number of hydrogen-bond acceptors (Lipinski definition) is 1. The summed E-state index contributed by atoms with van der Waals surface area (Å²) < 4.78 is 40.8. The van der Waals surface area contributed by atoms with E-state index in [1.165, 1.54) is 62.6 Å². The third kappa shape index (κ3) is 5.19. The van der Waals surface area contributed by atoms with Gasteiger partial charge >= 0.3 is 6.36 Å². The maximum Gasteiger partial charge on any atom is 0.573 e. The van der Waals surface area contributed by atoms with Gasteiger partial charge in [0, 0.05) is 0 Å². The van der Waals surface area contributed by atoms with Crippen LogP contribution < -0.4 is 4.74 Å². The minimum atomic E-state index is -4.63. The van der Waals surface area contributed by atoms with E-state index < -0.39 is 6.36 Å². The fraction of sp³-hybridized carbons (Fsp3) is 0.538. The molecule has 4 rings (SSSR count). The number of alkyl halides is 3. The van der Waals surface area contributed by atoms with Gasteiger partial charge in [-0.1, -0.05) is 44.0 Å². The average Bonchev–Trinajstić information content (AvgIpc) is 2.72.